The van der Waals surface area contributed by atoms with Gasteiger partial charge in [-0.05, 0) is 61.3 Å². The maximum atomic E-state index is 5.90. The number of ether oxygens (including phenoxy) is 1. The van der Waals surface area contributed by atoms with E-state index in [1.807, 2.05) is 36.4 Å². The van der Waals surface area contributed by atoms with Crippen molar-refractivity contribution in [3.05, 3.63) is 64.7 Å². The second-order valence-corrected chi connectivity index (χ2v) is 7.05. The van der Waals surface area contributed by atoms with E-state index in [2.05, 4.69) is 29.3 Å². The first kappa shape index (κ1) is 18.2. The highest BCUT2D eigenvalue weighted by molar-refractivity contribution is 6.30. The maximum absolute atomic E-state index is 5.90. The molecule has 1 saturated heterocycles. The van der Waals surface area contributed by atoms with Crippen LogP contribution in [0.4, 0.5) is 0 Å². The largest absolute Gasteiger partial charge is 0.489 e. The molecule has 0 aliphatic carbocycles. The summed E-state index contributed by atoms with van der Waals surface area (Å²) in [6.07, 6.45) is 2.65. The summed E-state index contributed by atoms with van der Waals surface area (Å²) in [6.45, 7) is 7.20. The van der Waals surface area contributed by atoms with Crippen LogP contribution in [0.25, 0.3) is 0 Å². The third-order valence-electron chi connectivity index (χ3n) is 4.86. The number of rotatable bonds is 8. The molecule has 1 atom stereocenters. The molecule has 1 N–H and O–H groups in total. The van der Waals surface area contributed by atoms with E-state index in [9.17, 15) is 0 Å². The molecule has 0 unspecified atom stereocenters. The Balaban J connectivity index is 1.41. The monoisotopic (exact) mass is 358 g/mol. The highest BCUT2D eigenvalue weighted by atomic mass is 35.5. The molecule has 0 saturated carbocycles. The quantitative estimate of drug-likeness (QED) is 0.752. The van der Waals surface area contributed by atoms with Crippen molar-refractivity contribution in [2.75, 3.05) is 19.6 Å². The SMILES string of the molecule is CCN1CCC[C@H]1CNCc1ccc(OCc2ccc(Cl)cc2)cc1. The van der Waals surface area contributed by atoms with Crippen LogP contribution in [-0.4, -0.2) is 30.6 Å². The zero-order chi connectivity index (χ0) is 17.5. The summed E-state index contributed by atoms with van der Waals surface area (Å²) in [7, 11) is 0. The number of hydrogen-bond acceptors (Lipinski definition) is 3. The lowest BCUT2D eigenvalue weighted by atomic mass is 10.2. The van der Waals surface area contributed by atoms with E-state index in [-0.39, 0.29) is 0 Å². The predicted molar refractivity (Wildman–Crippen MR) is 104 cm³/mol. The number of hydrogen-bond donors (Lipinski definition) is 1. The van der Waals surface area contributed by atoms with Crippen molar-refractivity contribution >= 4 is 11.6 Å². The zero-order valence-corrected chi connectivity index (χ0v) is 15.6. The molecular formula is C21H27ClN2O. The van der Waals surface area contributed by atoms with E-state index in [4.69, 9.17) is 16.3 Å². The van der Waals surface area contributed by atoms with Crippen LogP contribution >= 0.6 is 11.6 Å². The predicted octanol–water partition coefficient (Wildman–Crippen LogP) is 4.49. The minimum Gasteiger partial charge on any atom is -0.489 e. The molecular weight excluding hydrogens is 332 g/mol. The van der Waals surface area contributed by atoms with Crippen LogP contribution in [0.2, 0.25) is 5.02 Å². The van der Waals surface area contributed by atoms with E-state index in [1.54, 1.807) is 0 Å². The Kier molecular flexibility index (Phi) is 6.74. The molecule has 0 radical (unpaired) electrons. The van der Waals surface area contributed by atoms with Crippen LogP contribution in [0.15, 0.2) is 48.5 Å². The minimum atomic E-state index is 0.559. The highest BCUT2D eigenvalue weighted by Gasteiger charge is 2.21. The third kappa shape index (κ3) is 5.46. The van der Waals surface area contributed by atoms with Gasteiger partial charge in [0.05, 0.1) is 0 Å². The van der Waals surface area contributed by atoms with Crippen LogP contribution in [0.5, 0.6) is 5.75 Å². The van der Waals surface area contributed by atoms with Crippen LogP contribution in [0.1, 0.15) is 30.9 Å². The molecule has 0 amide bonds. The average molecular weight is 359 g/mol. The van der Waals surface area contributed by atoms with Crippen molar-refractivity contribution in [1.82, 2.24) is 10.2 Å². The fourth-order valence-corrected chi connectivity index (χ4v) is 3.50. The Morgan fingerprint density at radius 1 is 1.08 bits per heavy atom. The summed E-state index contributed by atoms with van der Waals surface area (Å²) in [6, 6.07) is 16.8. The normalized spacial score (nSPS) is 17.8. The summed E-state index contributed by atoms with van der Waals surface area (Å²) in [5.41, 5.74) is 2.41. The second kappa shape index (κ2) is 9.23. The fraction of sp³-hybridized carbons (Fsp3) is 0.429. The lowest BCUT2D eigenvalue weighted by Crippen LogP contribution is -2.37. The van der Waals surface area contributed by atoms with Gasteiger partial charge in [0.2, 0.25) is 0 Å². The lowest BCUT2D eigenvalue weighted by Gasteiger charge is -2.23. The molecule has 3 nitrogen and oxygen atoms in total. The van der Waals surface area contributed by atoms with Crippen molar-refractivity contribution in [2.24, 2.45) is 0 Å². The maximum Gasteiger partial charge on any atom is 0.119 e. The Morgan fingerprint density at radius 2 is 1.80 bits per heavy atom. The second-order valence-electron chi connectivity index (χ2n) is 6.61. The van der Waals surface area contributed by atoms with Gasteiger partial charge in [0.25, 0.3) is 0 Å². The first-order valence-corrected chi connectivity index (χ1v) is 9.53. The van der Waals surface area contributed by atoms with E-state index < -0.39 is 0 Å². The number of halogens is 1. The van der Waals surface area contributed by atoms with Crippen molar-refractivity contribution in [3.63, 3.8) is 0 Å². The van der Waals surface area contributed by atoms with Crippen molar-refractivity contribution in [2.45, 2.75) is 39.0 Å². The average Bonchev–Trinajstić information content (AvgIpc) is 3.10. The topological polar surface area (TPSA) is 24.5 Å². The summed E-state index contributed by atoms with van der Waals surface area (Å²) in [4.78, 5) is 2.57. The third-order valence-corrected chi connectivity index (χ3v) is 5.11. The van der Waals surface area contributed by atoms with Crippen LogP contribution in [0.3, 0.4) is 0 Å². The van der Waals surface area contributed by atoms with Crippen molar-refractivity contribution < 1.29 is 4.74 Å². The van der Waals surface area contributed by atoms with Gasteiger partial charge in [-0.2, -0.15) is 0 Å². The molecule has 3 rings (SSSR count). The van der Waals surface area contributed by atoms with Gasteiger partial charge in [-0.25, -0.2) is 0 Å². The molecule has 1 fully saturated rings. The van der Waals surface area contributed by atoms with Crippen LogP contribution < -0.4 is 10.1 Å². The van der Waals surface area contributed by atoms with Crippen LogP contribution in [-0.2, 0) is 13.2 Å². The van der Waals surface area contributed by atoms with Gasteiger partial charge < -0.3 is 10.1 Å². The lowest BCUT2D eigenvalue weighted by molar-refractivity contribution is 0.260. The summed E-state index contributed by atoms with van der Waals surface area (Å²) in [5, 5.41) is 4.35. The summed E-state index contributed by atoms with van der Waals surface area (Å²) < 4.78 is 5.83. The molecule has 1 aliphatic heterocycles. The molecule has 0 spiro atoms. The number of likely N-dealkylation sites (N-methyl/N-ethyl adjacent to an activating group) is 1. The number of nitrogens with one attached hydrogen (secondary N) is 1. The molecule has 4 heteroatoms. The molecule has 25 heavy (non-hydrogen) atoms. The molecule has 134 valence electrons. The summed E-state index contributed by atoms with van der Waals surface area (Å²) in [5.74, 6) is 0.895. The Bertz CT molecular complexity index is 642. The van der Waals surface area contributed by atoms with Gasteiger partial charge in [-0.15, -0.1) is 0 Å². The van der Waals surface area contributed by atoms with Crippen LogP contribution in [0, 0.1) is 0 Å². The minimum absolute atomic E-state index is 0.559. The molecule has 2 aromatic carbocycles. The number of likely N-dealkylation sites (tertiary alicyclic amines) is 1. The van der Waals surface area contributed by atoms with E-state index in [0.717, 1.165) is 36.0 Å². The number of nitrogens with zero attached hydrogens (tertiary/aromatic N) is 1. The Hall–Kier alpha value is -1.55. The highest BCUT2D eigenvalue weighted by Crippen LogP contribution is 2.17. The van der Waals surface area contributed by atoms with Gasteiger partial charge in [0.1, 0.15) is 12.4 Å². The van der Waals surface area contributed by atoms with E-state index in [1.165, 1.54) is 24.9 Å². The standard InChI is InChI=1S/C21H27ClN2O/c1-2-24-13-3-4-20(24)15-23-14-17-7-11-21(12-8-17)25-16-18-5-9-19(22)10-6-18/h5-12,20,23H,2-4,13-16H2,1H3/t20-/m0/s1. The molecule has 1 aliphatic rings. The summed E-state index contributed by atoms with van der Waals surface area (Å²) >= 11 is 5.90. The van der Waals surface area contributed by atoms with Gasteiger partial charge in [0, 0.05) is 24.2 Å². The van der Waals surface area contributed by atoms with E-state index >= 15 is 0 Å². The fourth-order valence-electron chi connectivity index (χ4n) is 3.38. The molecule has 2 aromatic rings. The van der Waals surface area contributed by atoms with Crippen molar-refractivity contribution in [3.8, 4) is 5.75 Å². The van der Waals surface area contributed by atoms with Gasteiger partial charge in [0.15, 0.2) is 0 Å². The van der Waals surface area contributed by atoms with Gasteiger partial charge in [-0.1, -0.05) is 42.8 Å². The van der Waals surface area contributed by atoms with Gasteiger partial charge >= 0.3 is 0 Å². The first-order valence-electron chi connectivity index (χ1n) is 9.15. The van der Waals surface area contributed by atoms with Crippen molar-refractivity contribution in [1.29, 1.82) is 0 Å². The first-order chi connectivity index (χ1) is 12.2. The molecule has 0 bridgehead atoms. The molecule has 1 heterocycles. The number of benzene rings is 2. The van der Waals surface area contributed by atoms with Gasteiger partial charge in [-0.3, -0.25) is 4.90 Å². The Labute approximate surface area is 155 Å². The smallest absolute Gasteiger partial charge is 0.119 e. The zero-order valence-electron chi connectivity index (χ0n) is 14.9. The Morgan fingerprint density at radius 3 is 2.52 bits per heavy atom. The van der Waals surface area contributed by atoms with E-state index in [0.29, 0.717) is 12.6 Å². The molecule has 0 aromatic heterocycles.